The molecule has 0 aromatic carbocycles. The zero-order valence-electron chi connectivity index (χ0n) is 9.15. The second kappa shape index (κ2) is 6.40. The zero-order valence-corrected chi connectivity index (χ0v) is 9.15. The third kappa shape index (κ3) is 6.06. The highest BCUT2D eigenvalue weighted by molar-refractivity contribution is 5.73. The molecule has 1 atom stereocenters. The minimum Gasteiger partial charge on any atom is -0.481 e. The quantitative estimate of drug-likeness (QED) is 0.621. The maximum atomic E-state index is 11.2. The van der Waals surface area contributed by atoms with E-state index in [1.165, 1.54) is 0 Å². The fourth-order valence-electron chi connectivity index (χ4n) is 1.13. The Morgan fingerprint density at radius 2 is 1.87 bits per heavy atom. The summed E-state index contributed by atoms with van der Waals surface area (Å²) in [7, 11) is 0. The van der Waals surface area contributed by atoms with Crippen molar-refractivity contribution in [3.63, 3.8) is 0 Å². The van der Waals surface area contributed by atoms with Gasteiger partial charge in [0.25, 0.3) is 0 Å². The fraction of sp³-hybridized carbons (Fsp3) is 0.800. The molecule has 0 saturated carbocycles. The highest BCUT2D eigenvalue weighted by Gasteiger charge is 2.31. The summed E-state index contributed by atoms with van der Waals surface area (Å²) in [6.07, 6.45) is 0.205. The van der Waals surface area contributed by atoms with Crippen molar-refractivity contribution in [3.05, 3.63) is 0 Å². The number of aliphatic carboxylic acids is 1. The Labute approximate surface area is 89.0 Å². The third-order valence-electron chi connectivity index (χ3n) is 2.08. The number of aliphatic hydroxyl groups is 1. The van der Waals surface area contributed by atoms with Gasteiger partial charge in [-0.1, -0.05) is 13.8 Å². The molecule has 0 rings (SSSR count). The van der Waals surface area contributed by atoms with Crippen molar-refractivity contribution in [3.8, 4) is 0 Å². The SMILES string of the molecule is CCCOC(=O)CC(O)(CC)CC(=O)O. The van der Waals surface area contributed by atoms with Gasteiger partial charge >= 0.3 is 11.9 Å². The van der Waals surface area contributed by atoms with Crippen LogP contribution in [0.25, 0.3) is 0 Å². The van der Waals surface area contributed by atoms with E-state index in [1.807, 2.05) is 6.92 Å². The molecule has 0 heterocycles. The molecule has 0 aliphatic carbocycles. The molecule has 88 valence electrons. The molecule has 0 fully saturated rings. The predicted octanol–water partition coefficient (Wildman–Crippen LogP) is 0.946. The molecule has 5 heteroatoms. The van der Waals surface area contributed by atoms with Crippen LogP contribution in [0.3, 0.4) is 0 Å². The number of carboxylic acid groups (broad SMARTS) is 1. The van der Waals surface area contributed by atoms with Gasteiger partial charge in [0.2, 0.25) is 0 Å². The van der Waals surface area contributed by atoms with E-state index in [9.17, 15) is 14.7 Å². The summed E-state index contributed by atoms with van der Waals surface area (Å²) in [5.74, 6) is -1.68. The van der Waals surface area contributed by atoms with Crippen molar-refractivity contribution in [1.82, 2.24) is 0 Å². The first kappa shape index (κ1) is 13.9. The Balaban J connectivity index is 4.17. The smallest absolute Gasteiger partial charge is 0.308 e. The second-order valence-electron chi connectivity index (χ2n) is 3.55. The van der Waals surface area contributed by atoms with Crippen molar-refractivity contribution in [2.75, 3.05) is 6.61 Å². The second-order valence-corrected chi connectivity index (χ2v) is 3.55. The lowest BCUT2D eigenvalue weighted by atomic mass is 9.93. The summed E-state index contributed by atoms with van der Waals surface area (Å²) in [6, 6.07) is 0. The van der Waals surface area contributed by atoms with Crippen molar-refractivity contribution >= 4 is 11.9 Å². The van der Waals surface area contributed by atoms with Gasteiger partial charge < -0.3 is 14.9 Å². The molecule has 0 amide bonds. The van der Waals surface area contributed by atoms with Crippen LogP contribution in [0.4, 0.5) is 0 Å². The Kier molecular flexibility index (Phi) is 5.93. The van der Waals surface area contributed by atoms with Gasteiger partial charge in [0.15, 0.2) is 0 Å². The summed E-state index contributed by atoms with van der Waals surface area (Å²) in [6.45, 7) is 3.79. The lowest BCUT2D eigenvalue weighted by Crippen LogP contribution is -2.34. The van der Waals surface area contributed by atoms with Crippen LogP contribution >= 0.6 is 0 Å². The molecular weight excluding hydrogens is 200 g/mol. The molecule has 2 N–H and O–H groups in total. The molecule has 0 saturated heterocycles. The number of rotatable bonds is 7. The summed E-state index contributed by atoms with van der Waals surface area (Å²) >= 11 is 0. The summed E-state index contributed by atoms with van der Waals surface area (Å²) in [4.78, 5) is 21.6. The molecule has 15 heavy (non-hydrogen) atoms. The van der Waals surface area contributed by atoms with Crippen LogP contribution in [0.15, 0.2) is 0 Å². The Morgan fingerprint density at radius 1 is 1.27 bits per heavy atom. The number of ether oxygens (including phenoxy) is 1. The highest BCUT2D eigenvalue weighted by atomic mass is 16.5. The predicted molar refractivity (Wildman–Crippen MR) is 53.4 cm³/mol. The van der Waals surface area contributed by atoms with E-state index in [0.29, 0.717) is 13.0 Å². The molecular formula is C10H18O5. The van der Waals surface area contributed by atoms with E-state index >= 15 is 0 Å². The van der Waals surface area contributed by atoms with Gasteiger partial charge in [-0.3, -0.25) is 9.59 Å². The molecule has 0 aliphatic rings. The number of carbonyl (C=O) groups excluding carboxylic acids is 1. The van der Waals surface area contributed by atoms with Gasteiger partial charge in [-0.25, -0.2) is 0 Å². The summed E-state index contributed by atoms with van der Waals surface area (Å²) in [5, 5.41) is 18.3. The Hall–Kier alpha value is -1.10. The lowest BCUT2D eigenvalue weighted by Gasteiger charge is -2.23. The average Bonchev–Trinajstić information content (AvgIpc) is 2.13. The van der Waals surface area contributed by atoms with Crippen LogP contribution in [0.2, 0.25) is 0 Å². The molecule has 0 spiro atoms. The van der Waals surface area contributed by atoms with Gasteiger partial charge in [-0.2, -0.15) is 0 Å². The number of carboxylic acids is 1. The maximum absolute atomic E-state index is 11.2. The first-order valence-electron chi connectivity index (χ1n) is 5.03. The van der Waals surface area contributed by atoms with Crippen molar-refractivity contribution in [2.24, 2.45) is 0 Å². The van der Waals surface area contributed by atoms with Crippen LogP contribution in [-0.2, 0) is 14.3 Å². The molecule has 5 nitrogen and oxygen atoms in total. The van der Waals surface area contributed by atoms with Crippen LogP contribution < -0.4 is 0 Å². The van der Waals surface area contributed by atoms with E-state index in [-0.39, 0.29) is 12.8 Å². The highest BCUT2D eigenvalue weighted by Crippen LogP contribution is 2.20. The van der Waals surface area contributed by atoms with Crippen LogP contribution in [0, 0.1) is 0 Å². The average molecular weight is 218 g/mol. The third-order valence-corrected chi connectivity index (χ3v) is 2.08. The Bertz CT molecular complexity index is 226. The van der Waals surface area contributed by atoms with Crippen LogP contribution in [0.1, 0.15) is 39.5 Å². The van der Waals surface area contributed by atoms with E-state index < -0.39 is 24.0 Å². The maximum Gasteiger partial charge on any atom is 0.308 e. The van der Waals surface area contributed by atoms with Crippen molar-refractivity contribution in [1.29, 1.82) is 0 Å². The van der Waals surface area contributed by atoms with E-state index in [0.717, 1.165) is 0 Å². The number of hydrogen-bond donors (Lipinski definition) is 2. The van der Waals surface area contributed by atoms with Gasteiger partial charge in [0, 0.05) is 0 Å². The van der Waals surface area contributed by atoms with E-state index in [1.54, 1.807) is 6.92 Å². The van der Waals surface area contributed by atoms with Crippen LogP contribution in [0.5, 0.6) is 0 Å². The fourth-order valence-corrected chi connectivity index (χ4v) is 1.13. The van der Waals surface area contributed by atoms with Gasteiger partial charge in [-0.15, -0.1) is 0 Å². The molecule has 0 bridgehead atoms. The van der Waals surface area contributed by atoms with Crippen molar-refractivity contribution in [2.45, 2.75) is 45.1 Å². The molecule has 0 aromatic rings. The number of carbonyl (C=O) groups is 2. The summed E-state index contributed by atoms with van der Waals surface area (Å²) < 4.78 is 4.78. The molecule has 0 aliphatic heterocycles. The monoisotopic (exact) mass is 218 g/mol. The van der Waals surface area contributed by atoms with Gasteiger partial charge in [-0.05, 0) is 12.8 Å². The summed E-state index contributed by atoms with van der Waals surface area (Å²) in [5.41, 5.74) is -1.49. The number of esters is 1. The standard InChI is InChI=1S/C10H18O5/c1-3-5-15-9(13)7-10(14,4-2)6-8(11)12/h14H,3-7H2,1-2H3,(H,11,12). The van der Waals surface area contributed by atoms with E-state index in [4.69, 9.17) is 9.84 Å². The van der Waals surface area contributed by atoms with E-state index in [2.05, 4.69) is 0 Å². The topological polar surface area (TPSA) is 83.8 Å². The molecule has 0 radical (unpaired) electrons. The largest absolute Gasteiger partial charge is 0.481 e. The zero-order chi connectivity index (χ0) is 11.9. The number of hydrogen-bond acceptors (Lipinski definition) is 4. The minimum absolute atomic E-state index is 0.209. The normalized spacial score (nSPS) is 14.3. The first-order valence-corrected chi connectivity index (χ1v) is 5.03. The minimum atomic E-state index is -1.49. The van der Waals surface area contributed by atoms with Gasteiger partial charge in [0.05, 0.1) is 25.0 Å². The van der Waals surface area contributed by atoms with Crippen LogP contribution in [-0.4, -0.2) is 34.4 Å². The molecule has 1 unspecified atom stereocenters. The Morgan fingerprint density at radius 3 is 2.27 bits per heavy atom. The van der Waals surface area contributed by atoms with Gasteiger partial charge in [0.1, 0.15) is 0 Å². The molecule has 0 aromatic heterocycles. The lowest BCUT2D eigenvalue weighted by molar-refractivity contribution is -0.153. The van der Waals surface area contributed by atoms with Crippen molar-refractivity contribution < 1.29 is 24.5 Å². The first-order chi connectivity index (χ1) is 6.93.